The molecule has 8 nitrogen and oxygen atoms in total. The van der Waals surface area contributed by atoms with Crippen molar-refractivity contribution < 1.29 is 14.4 Å². The van der Waals surface area contributed by atoms with Gasteiger partial charge in [-0.25, -0.2) is 10.2 Å². The maximum atomic E-state index is 11.6. The molecule has 1 aromatic rings. The van der Waals surface area contributed by atoms with Crippen LogP contribution in [0.1, 0.15) is 30.3 Å². The number of aryl methyl sites for hydroxylation is 1. The molecular formula is C11H16N4O4. The van der Waals surface area contributed by atoms with Crippen molar-refractivity contribution >= 4 is 11.8 Å². The first-order chi connectivity index (χ1) is 9.04. The molecule has 0 aliphatic heterocycles. The average Bonchev–Trinajstić information content (AvgIpc) is 2.37. The van der Waals surface area contributed by atoms with Gasteiger partial charge in [-0.3, -0.25) is 19.2 Å². The van der Waals surface area contributed by atoms with Crippen molar-refractivity contribution in [2.24, 2.45) is 5.73 Å². The van der Waals surface area contributed by atoms with Crippen LogP contribution in [0, 0.1) is 0 Å². The van der Waals surface area contributed by atoms with Gasteiger partial charge in [-0.2, -0.15) is 5.10 Å². The van der Waals surface area contributed by atoms with Crippen LogP contribution in [0.15, 0.2) is 16.9 Å². The normalized spacial score (nSPS) is 10.2. The summed E-state index contributed by atoms with van der Waals surface area (Å²) in [5, 5.41) is 3.90. The minimum Gasteiger partial charge on any atom is -0.368 e. The lowest BCUT2D eigenvalue weighted by molar-refractivity contribution is -0.124. The number of hydrogen-bond donors (Lipinski definition) is 2. The SMILES string of the molecule is CCCCn1nc(C(=O)NOCC(N)=O)ccc1=O. The van der Waals surface area contributed by atoms with Gasteiger partial charge < -0.3 is 5.73 Å². The number of nitrogens with two attached hydrogens (primary N) is 1. The molecule has 1 aromatic heterocycles. The monoisotopic (exact) mass is 268 g/mol. The molecule has 0 aromatic carbocycles. The number of amides is 2. The number of nitrogens with one attached hydrogen (secondary N) is 1. The molecule has 0 atom stereocenters. The fourth-order valence-electron chi connectivity index (χ4n) is 1.26. The van der Waals surface area contributed by atoms with Gasteiger partial charge in [-0.15, -0.1) is 0 Å². The van der Waals surface area contributed by atoms with E-state index >= 15 is 0 Å². The average molecular weight is 268 g/mol. The van der Waals surface area contributed by atoms with Crippen LogP contribution in [0.25, 0.3) is 0 Å². The molecule has 0 fully saturated rings. The standard InChI is InChI=1S/C11H16N4O4/c1-2-3-6-15-10(17)5-4-8(13-15)11(18)14-19-7-9(12)16/h4-5H,2-3,6-7H2,1H3,(H2,12,16)(H,14,18). The van der Waals surface area contributed by atoms with E-state index in [1.54, 1.807) is 0 Å². The predicted molar refractivity (Wildman–Crippen MR) is 66.0 cm³/mol. The topological polar surface area (TPSA) is 116 Å². The van der Waals surface area contributed by atoms with Crippen molar-refractivity contribution in [2.45, 2.75) is 26.3 Å². The van der Waals surface area contributed by atoms with E-state index in [1.165, 1.54) is 16.8 Å². The molecule has 0 unspecified atom stereocenters. The van der Waals surface area contributed by atoms with Crippen LogP contribution in [-0.2, 0) is 16.2 Å². The summed E-state index contributed by atoms with van der Waals surface area (Å²) in [5.41, 5.74) is 6.61. The summed E-state index contributed by atoms with van der Waals surface area (Å²) < 4.78 is 1.21. The molecule has 1 heterocycles. The minimum absolute atomic E-state index is 0.0279. The molecule has 0 aliphatic rings. The van der Waals surface area contributed by atoms with Gasteiger partial charge in [0.1, 0.15) is 0 Å². The number of primary amides is 1. The summed E-state index contributed by atoms with van der Waals surface area (Å²) in [4.78, 5) is 38.1. The van der Waals surface area contributed by atoms with Crippen LogP contribution in [0.4, 0.5) is 0 Å². The molecule has 2 amide bonds. The third-order valence-corrected chi connectivity index (χ3v) is 2.20. The summed E-state index contributed by atoms with van der Waals surface area (Å²) in [7, 11) is 0. The number of hydrogen-bond acceptors (Lipinski definition) is 5. The maximum absolute atomic E-state index is 11.6. The van der Waals surface area contributed by atoms with Gasteiger partial charge in [-0.1, -0.05) is 13.3 Å². The van der Waals surface area contributed by atoms with Gasteiger partial charge in [0.25, 0.3) is 11.5 Å². The Morgan fingerprint density at radius 3 is 2.84 bits per heavy atom. The Morgan fingerprint density at radius 2 is 2.21 bits per heavy atom. The zero-order valence-corrected chi connectivity index (χ0v) is 10.6. The lowest BCUT2D eigenvalue weighted by Crippen LogP contribution is -2.32. The first-order valence-electron chi connectivity index (χ1n) is 5.83. The summed E-state index contributed by atoms with van der Waals surface area (Å²) in [5.74, 6) is -1.35. The molecular weight excluding hydrogens is 252 g/mol. The van der Waals surface area contributed by atoms with Crippen LogP contribution in [0.2, 0.25) is 0 Å². The van der Waals surface area contributed by atoms with E-state index in [2.05, 4.69) is 9.94 Å². The molecule has 1 rings (SSSR count). The number of nitrogens with zero attached hydrogens (tertiary/aromatic N) is 2. The molecule has 0 saturated carbocycles. The second-order valence-electron chi connectivity index (χ2n) is 3.82. The number of carbonyl (C=O) groups excluding carboxylic acids is 2. The van der Waals surface area contributed by atoms with Crippen LogP contribution in [0.5, 0.6) is 0 Å². The van der Waals surface area contributed by atoms with Crippen LogP contribution >= 0.6 is 0 Å². The van der Waals surface area contributed by atoms with Crippen LogP contribution < -0.4 is 16.8 Å². The van der Waals surface area contributed by atoms with Crippen molar-refractivity contribution in [3.8, 4) is 0 Å². The molecule has 0 spiro atoms. The third kappa shape index (κ3) is 4.88. The number of unbranched alkanes of at least 4 members (excludes halogenated alkanes) is 1. The Morgan fingerprint density at radius 1 is 1.47 bits per heavy atom. The predicted octanol–water partition coefficient (Wildman–Crippen LogP) is -0.810. The van der Waals surface area contributed by atoms with Crippen LogP contribution in [0.3, 0.4) is 0 Å². The highest BCUT2D eigenvalue weighted by Crippen LogP contribution is 1.94. The Balaban J connectivity index is 2.69. The van der Waals surface area contributed by atoms with Crippen molar-refractivity contribution in [3.63, 3.8) is 0 Å². The van der Waals surface area contributed by atoms with Crippen molar-refractivity contribution in [1.29, 1.82) is 0 Å². The van der Waals surface area contributed by atoms with E-state index in [4.69, 9.17) is 5.73 Å². The highest BCUT2D eigenvalue weighted by Gasteiger charge is 2.10. The van der Waals surface area contributed by atoms with Crippen molar-refractivity contribution in [3.05, 3.63) is 28.2 Å². The van der Waals surface area contributed by atoms with Gasteiger partial charge in [-0.05, 0) is 12.5 Å². The fraction of sp³-hybridized carbons (Fsp3) is 0.455. The summed E-state index contributed by atoms with van der Waals surface area (Å²) in [6, 6.07) is 2.54. The van der Waals surface area contributed by atoms with Crippen molar-refractivity contribution in [2.75, 3.05) is 6.61 Å². The molecule has 104 valence electrons. The molecule has 0 aliphatic carbocycles. The van der Waals surface area contributed by atoms with Gasteiger partial charge in [0, 0.05) is 12.6 Å². The Labute approximate surface area is 109 Å². The van der Waals surface area contributed by atoms with E-state index in [0.717, 1.165) is 12.8 Å². The molecule has 8 heteroatoms. The number of aromatic nitrogens is 2. The van der Waals surface area contributed by atoms with Crippen molar-refractivity contribution in [1.82, 2.24) is 15.3 Å². The fourth-order valence-corrected chi connectivity index (χ4v) is 1.26. The number of hydroxylamine groups is 1. The zero-order valence-electron chi connectivity index (χ0n) is 10.6. The summed E-state index contributed by atoms with van der Waals surface area (Å²) in [6.45, 7) is 2.00. The van der Waals surface area contributed by atoms with Gasteiger partial charge in [0.15, 0.2) is 12.3 Å². The second kappa shape index (κ2) is 7.27. The molecule has 0 bridgehead atoms. The lowest BCUT2D eigenvalue weighted by atomic mass is 10.3. The Bertz CT molecular complexity index is 512. The number of rotatable bonds is 7. The third-order valence-electron chi connectivity index (χ3n) is 2.20. The molecule has 3 N–H and O–H groups in total. The van der Waals surface area contributed by atoms with Gasteiger partial charge >= 0.3 is 0 Å². The second-order valence-corrected chi connectivity index (χ2v) is 3.82. The van der Waals surface area contributed by atoms with Gasteiger partial charge in [0.05, 0.1) is 0 Å². The lowest BCUT2D eigenvalue weighted by Gasteiger charge is -2.06. The highest BCUT2D eigenvalue weighted by atomic mass is 16.7. The maximum Gasteiger partial charge on any atom is 0.295 e. The summed E-state index contributed by atoms with van der Waals surface area (Å²) >= 11 is 0. The quantitative estimate of drug-likeness (QED) is 0.627. The van der Waals surface area contributed by atoms with Gasteiger partial charge in [0.2, 0.25) is 5.91 Å². The van der Waals surface area contributed by atoms with E-state index < -0.39 is 18.4 Å². The van der Waals surface area contributed by atoms with E-state index in [9.17, 15) is 14.4 Å². The zero-order chi connectivity index (χ0) is 14.3. The minimum atomic E-state index is -0.707. The van der Waals surface area contributed by atoms with E-state index in [0.29, 0.717) is 6.54 Å². The smallest absolute Gasteiger partial charge is 0.295 e. The molecule has 0 saturated heterocycles. The largest absolute Gasteiger partial charge is 0.368 e. The van der Waals surface area contributed by atoms with Crippen LogP contribution in [-0.4, -0.2) is 28.2 Å². The number of carbonyl (C=O) groups is 2. The van der Waals surface area contributed by atoms with E-state index in [1.807, 2.05) is 12.4 Å². The summed E-state index contributed by atoms with van der Waals surface area (Å²) in [6.07, 6.45) is 1.70. The first kappa shape index (κ1) is 14.8. The first-order valence-corrected chi connectivity index (χ1v) is 5.83. The Hall–Kier alpha value is -2.22. The highest BCUT2D eigenvalue weighted by molar-refractivity contribution is 5.91. The van der Waals surface area contributed by atoms with E-state index in [-0.39, 0.29) is 11.3 Å². The molecule has 19 heavy (non-hydrogen) atoms. The molecule has 0 radical (unpaired) electrons. The Kier molecular flexibility index (Phi) is 5.68.